The molecule has 0 atom stereocenters. The average molecular weight is 430 g/mol. The second kappa shape index (κ2) is 7.74. The third kappa shape index (κ3) is 3.86. The molecule has 0 aliphatic carbocycles. The number of amides is 1. The van der Waals surface area contributed by atoms with Gasteiger partial charge in [-0.05, 0) is 46.3 Å². The van der Waals surface area contributed by atoms with Gasteiger partial charge in [0.1, 0.15) is 0 Å². The largest absolute Gasteiger partial charge is 0.378 e. The van der Waals surface area contributed by atoms with Crippen LogP contribution in [0.4, 0.5) is 11.4 Å². The first-order valence-electron chi connectivity index (χ1n) is 7.44. The first-order chi connectivity index (χ1) is 11.6. The number of hydrogen-bond donors (Lipinski definition) is 1. The Morgan fingerprint density at radius 3 is 2.62 bits per heavy atom. The highest BCUT2D eigenvalue weighted by atomic mass is 79.9. The molecular formula is C17H15BrCl2N2O2. The molecular weight excluding hydrogens is 415 g/mol. The lowest BCUT2D eigenvalue weighted by molar-refractivity contribution is 0.102. The Kier molecular flexibility index (Phi) is 5.66. The summed E-state index contributed by atoms with van der Waals surface area (Å²) in [6, 6.07) is 10.7. The molecule has 126 valence electrons. The van der Waals surface area contributed by atoms with Crippen molar-refractivity contribution in [3.63, 3.8) is 0 Å². The summed E-state index contributed by atoms with van der Waals surface area (Å²) >= 11 is 15.6. The molecule has 1 aliphatic rings. The first kappa shape index (κ1) is 17.5. The Hall–Kier alpha value is -1.27. The zero-order valence-corrected chi connectivity index (χ0v) is 15.8. The summed E-state index contributed by atoms with van der Waals surface area (Å²) in [5, 5.41) is 3.45. The number of anilines is 2. The van der Waals surface area contributed by atoms with Crippen LogP contribution in [0, 0.1) is 0 Å². The Bertz CT molecular complexity index is 764. The van der Waals surface area contributed by atoms with Crippen molar-refractivity contribution in [1.29, 1.82) is 0 Å². The molecule has 0 aromatic heterocycles. The molecule has 24 heavy (non-hydrogen) atoms. The van der Waals surface area contributed by atoms with Crippen molar-refractivity contribution in [2.45, 2.75) is 0 Å². The van der Waals surface area contributed by atoms with Gasteiger partial charge in [-0.25, -0.2) is 0 Å². The van der Waals surface area contributed by atoms with Crippen LogP contribution in [0.15, 0.2) is 40.9 Å². The van der Waals surface area contributed by atoms with E-state index < -0.39 is 0 Å². The second-order valence-corrected chi connectivity index (χ2v) is 6.96. The fourth-order valence-electron chi connectivity index (χ4n) is 2.52. The molecule has 3 rings (SSSR count). The summed E-state index contributed by atoms with van der Waals surface area (Å²) in [7, 11) is 0. The number of morpholine rings is 1. The van der Waals surface area contributed by atoms with Crippen LogP contribution in [0.1, 0.15) is 10.4 Å². The SMILES string of the molecule is O=C(Nc1ccc(N2CCOCC2)c(Br)c1)c1cccc(Cl)c1Cl. The molecule has 2 aromatic carbocycles. The topological polar surface area (TPSA) is 41.6 Å². The quantitative estimate of drug-likeness (QED) is 0.758. The van der Waals surface area contributed by atoms with Gasteiger partial charge in [0.2, 0.25) is 0 Å². The lowest BCUT2D eigenvalue weighted by atomic mass is 10.2. The van der Waals surface area contributed by atoms with E-state index in [0.29, 0.717) is 16.3 Å². The van der Waals surface area contributed by atoms with Crippen LogP contribution in [-0.4, -0.2) is 32.2 Å². The van der Waals surface area contributed by atoms with E-state index in [0.717, 1.165) is 36.5 Å². The minimum Gasteiger partial charge on any atom is -0.378 e. The minimum atomic E-state index is -0.298. The molecule has 0 spiro atoms. The summed E-state index contributed by atoms with van der Waals surface area (Å²) in [5.41, 5.74) is 2.11. The van der Waals surface area contributed by atoms with Gasteiger partial charge in [0.05, 0.1) is 34.5 Å². The van der Waals surface area contributed by atoms with E-state index in [1.807, 2.05) is 18.2 Å². The molecule has 0 radical (unpaired) electrons. The number of carbonyl (C=O) groups is 1. The van der Waals surface area contributed by atoms with Crippen molar-refractivity contribution in [1.82, 2.24) is 0 Å². The maximum absolute atomic E-state index is 12.4. The van der Waals surface area contributed by atoms with E-state index in [4.69, 9.17) is 27.9 Å². The molecule has 1 N–H and O–H groups in total. The molecule has 0 saturated carbocycles. The van der Waals surface area contributed by atoms with Crippen molar-refractivity contribution in [3.8, 4) is 0 Å². The Balaban J connectivity index is 1.77. The third-order valence-electron chi connectivity index (χ3n) is 3.75. The lowest BCUT2D eigenvalue weighted by Gasteiger charge is -2.29. The first-order valence-corrected chi connectivity index (χ1v) is 8.99. The Labute approximate surface area is 158 Å². The zero-order valence-electron chi connectivity index (χ0n) is 12.7. The standard InChI is InChI=1S/C17H15BrCl2N2O2/c18-13-10-11(4-5-15(13)22-6-8-24-9-7-22)21-17(23)12-2-1-3-14(19)16(12)20/h1-5,10H,6-9H2,(H,21,23). The summed E-state index contributed by atoms with van der Waals surface area (Å²) in [6.45, 7) is 3.14. The number of carbonyl (C=O) groups excluding carboxylic acids is 1. The second-order valence-electron chi connectivity index (χ2n) is 5.32. The van der Waals surface area contributed by atoms with Gasteiger partial charge in [-0.3, -0.25) is 4.79 Å². The number of ether oxygens (including phenoxy) is 1. The zero-order chi connectivity index (χ0) is 17.1. The molecule has 1 saturated heterocycles. The number of benzene rings is 2. The molecule has 1 fully saturated rings. The molecule has 1 heterocycles. The smallest absolute Gasteiger partial charge is 0.257 e. The lowest BCUT2D eigenvalue weighted by Crippen LogP contribution is -2.36. The molecule has 4 nitrogen and oxygen atoms in total. The van der Waals surface area contributed by atoms with E-state index in [2.05, 4.69) is 26.1 Å². The summed E-state index contributed by atoms with van der Waals surface area (Å²) in [5.74, 6) is -0.298. The average Bonchev–Trinajstić information content (AvgIpc) is 2.58. The minimum absolute atomic E-state index is 0.251. The van der Waals surface area contributed by atoms with Gasteiger partial charge in [0.25, 0.3) is 5.91 Å². The van der Waals surface area contributed by atoms with E-state index in [1.165, 1.54) is 0 Å². The highest BCUT2D eigenvalue weighted by Gasteiger charge is 2.16. The monoisotopic (exact) mass is 428 g/mol. The van der Waals surface area contributed by atoms with Gasteiger partial charge in [0.15, 0.2) is 0 Å². The highest BCUT2D eigenvalue weighted by Crippen LogP contribution is 2.31. The van der Waals surface area contributed by atoms with Crippen LogP contribution >= 0.6 is 39.1 Å². The van der Waals surface area contributed by atoms with Crippen LogP contribution in [0.2, 0.25) is 10.0 Å². The number of halogens is 3. The van der Waals surface area contributed by atoms with Gasteiger partial charge in [0, 0.05) is 23.2 Å². The van der Waals surface area contributed by atoms with E-state index in [9.17, 15) is 4.79 Å². The molecule has 1 amide bonds. The maximum Gasteiger partial charge on any atom is 0.257 e. The van der Waals surface area contributed by atoms with Crippen molar-refractivity contribution in [2.75, 3.05) is 36.5 Å². The molecule has 2 aromatic rings. The van der Waals surface area contributed by atoms with Crippen molar-refractivity contribution in [2.24, 2.45) is 0 Å². The van der Waals surface area contributed by atoms with Gasteiger partial charge >= 0.3 is 0 Å². The molecule has 1 aliphatic heterocycles. The van der Waals surface area contributed by atoms with Gasteiger partial charge < -0.3 is 15.0 Å². The van der Waals surface area contributed by atoms with Crippen molar-refractivity contribution >= 4 is 56.4 Å². The van der Waals surface area contributed by atoms with Gasteiger partial charge in [-0.2, -0.15) is 0 Å². The normalized spacial score (nSPS) is 14.5. The molecule has 0 unspecified atom stereocenters. The fourth-order valence-corrected chi connectivity index (χ4v) is 3.54. The Morgan fingerprint density at radius 1 is 1.17 bits per heavy atom. The number of nitrogens with one attached hydrogen (secondary N) is 1. The predicted molar refractivity (Wildman–Crippen MR) is 102 cm³/mol. The highest BCUT2D eigenvalue weighted by molar-refractivity contribution is 9.10. The van der Waals surface area contributed by atoms with E-state index in [-0.39, 0.29) is 10.9 Å². The van der Waals surface area contributed by atoms with E-state index in [1.54, 1.807) is 18.2 Å². The third-order valence-corrected chi connectivity index (χ3v) is 5.21. The van der Waals surface area contributed by atoms with Crippen LogP contribution in [0.25, 0.3) is 0 Å². The van der Waals surface area contributed by atoms with Gasteiger partial charge in [-0.15, -0.1) is 0 Å². The number of hydrogen-bond acceptors (Lipinski definition) is 3. The summed E-state index contributed by atoms with van der Waals surface area (Å²) in [4.78, 5) is 14.6. The van der Waals surface area contributed by atoms with Gasteiger partial charge in [-0.1, -0.05) is 29.3 Å². The van der Waals surface area contributed by atoms with Crippen LogP contribution in [0.3, 0.4) is 0 Å². The van der Waals surface area contributed by atoms with Crippen molar-refractivity contribution in [3.05, 3.63) is 56.5 Å². The van der Waals surface area contributed by atoms with Crippen LogP contribution in [-0.2, 0) is 4.74 Å². The Morgan fingerprint density at radius 2 is 1.92 bits per heavy atom. The number of rotatable bonds is 3. The summed E-state index contributed by atoms with van der Waals surface area (Å²) < 4.78 is 6.29. The molecule has 7 heteroatoms. The van der Waals surface area contributed by atoms with Crippen molar-refractivity contribution < 1.29 is 9.53 Å². The predicted octanol–water partition coefficient (Wildman–Crippen LogP) is 4.84. The van der Waals surface area contributed by atoms with Crippen LogP contribution < -0.4 is 10.2 Å². The molecule has 0 bridgehead atoms. The fraction of sp³-hybridized carbons (Fsp3) is 0.235. The maximum atomic E-state index is 12.4. The van der Waals surface area contributed by atoms with Crippen LogP contribution in [0.5, 0.6) is 0 Å². The van der Waals surface area contributed by atoms with E-state index >= 15 is 0 Å². The number of nitrogens with zero attached hydrogens (tertiary/aromatic N) is 1. The summed E-state index contributed by atoms with van der Waals surface area (Å²) in [6.07, 6.45) is 0.